The molecule has 5 nitrogen and oxygen atoms in total. The number of aromatic nitrogens is 2. The SMILES string of the molecule is Cc1nccn1CCC(=O)NC1CCCN(Cc2ccc(CC(C)C)cc2)C1. The lowest BCUT2D eigenvalue weighted by molar-refractivity contribution is -0.122. The number of benzene rings is 1. The van der Waals surface area contributed by atoms with E-state index < -0.39 is 0 Å². The third-order valence-electron chi connectivity index (χ3n) is 5.45. The lowest BCUT2D eigenvalue weighted by Crippen LogP contribution is -2.47. The minimum absolute atomic E-state index is 0.137. The van der Waals surface area contributed by atoms with Crippen LogP contribution < -0.4 is 5.32 Å². The first-order chi connectivity index (χ1) is 13.5. The number of carbonyl (C=O) groups is 1. The summed E-state index contributed by atoms with van der Waals surface area (Å²) < 4.78 is 2.02. The molecule has 1 atom stereocenters. The lowest BCUT2D eigenvalue weighted by Gasteiger charge is -2.33. The van der Waals surface area contributed by atoms with E-state index >= 15 is 0 Å². The van der Waals surface area contributed by atoms with Gasteiger partial charge in [-0.15, -0.1) is 0 Å². The van der Waals surface area contributed by atoms with E-state index in [-0.39, 0.29) is 11.9 Å². The first kappa shape index (κ1) is 20.6. The highest BCUT2D eigenvalue weighted by Gasteiger charge is 2.21. The Bertz CT molecular complexity index is 750. The Balaban J connectivity index is 1.44. The summed E-state index contributed by atoms with van der Waals surface area (Å²) in [6.45, 7) is 10.2. The Morgan fingerprint density at radius 3 is 2.68 bits per heavy atom. The van der Waals surface area contributed by atoms with E-state index in [1.54, 1.807) is 6.20 Å². The fourth-order valence-electron chi connectivity index (χ4n) is 3.99. The number of carbonyl (C=O) groups excluding carboxylic acids is 1. The number of likely N-dealkylation sites (tertiary alicyclic amines) is 1. The topological polar surface area (TPSA) is 50.2 Å². The van der Waals surface area contributed by atoms with Gasteiger partial charge >= 0.3 is 0 Å². The van der Waals surface area contributed by atoms with Crippen molar-refractivity contribution in [3.05, 3.63) is 53.6 Å². The lowest BCUT2D eigenvalue weighted by atomic mass is 10.0. The van der Waals surface area contributed by atoms with Crippen molar-refractivity contribution in [2.75, 3.05) is 13.1 Å². The largest absolute Gasteiger partial charge is 0.352 e. The van der Waals surface area contributed by atoms with Crippen molar-refractivity contribution in [1.82, 2.24) is 19.8 Å². The molecule has 3 rings (SSSR count). The number of rotatable bonds is 8. The first-order valence-electron chi connectivity index (χ1n) is 10.6. The van der Waals surface area contributed by atoms with Crippen molar-refractivity contribution >= 4 is 5.91 Å². The van der Waals surface area contributed by atoms with Crippen LogP contribution in [0.4, 0.5) is 0 Å². The average Bonchev–Trinajstić information content (AvgIpc) is 3.06. The highest BCUT2D eigenvalue weighted by atomic mass is 16.1. The number of piperidine rings is 1. The third kappa shape index (κ3) is 6.20. The van der Waals surface area contributed by atoms with Crippen molar-refractivity contribution in [3.8, 4) is 0 Å². The second kappa shape index (κ2) is 9.87. The van der Waals surface area contributed by atoms with Crippen molar-refractivity contribution in [3.63, 3.8) is 0 Å². The van der Waals surface area contributed by atoms with Crippen LogP contribution in [0.3, 0.4) is 0 Å². The van der Waals surface area contributed by atoms with Crippen LogP contribution in [0.1, 0.15) is 50.1 Å². The highest BCUT2D eigenvalue weighted by molar-refractivity contribution is 5.76. The maximum atomic E-state index is 12.3. The zero-order valence-corrected chi connectivity index (χ0v) is 17.5. The van der Waals surface area contributed by atoms with Gasteiger partial charge in [-0.2, -0.15) is 0 Å². The van der Waals surface area contributed by atoms with Crippen LogP contribution >= 0.6 is 0 Å². The molecular weight excluding hydrogens is 348 g/mol. The van der Waals surface area contributed by atoms with Crippen molar-refractivity contribution in [2.24, 2.45) is 5.92 Å². The van der Waals surface area contributed by atoms with Crippen LogP contribution in [0.2, 0.25) is 0 Å². The molecule has 0 spiro atoms. The van der Waals surface area contributed by atoms with Crippen LogP contribution in [-0.2, 0) is 24.3 Å². The van der Waals surface area contributed by atoms with Crippen LogP contribution in [0.5, 0.6) is 0 Å². The predicted molar refractivity (Wildman–Crippen MR) is 113 cm³/mol. The van der Waals surface area contributed by atoms with Gasteiger partial charge in [0.1, 0.15) is 5.82 Å². The number of hydrogen-bond donors (Lipinski definition) is 1. The van der Waals surface area contributed by atoms with Gasteiger partial charge < -0.3 is 9.88 Å². The maximum absolute atomic E-state index is 12.3. The zero-order valence-electron chi connectivity index (χ0n) is 17.5. The molecule has 1 N–H and O–H groups in total. The minimum Gasteiger partial charge on any atom is -0.352 e. The molecule has 1 amide bonds. The van der Waals surface area contributed by atoms with Crippen molar-refractivity contribution in [1.29, 1.82) is 0 Å². The van der Waals surface area contributed by atoms with Crippen LogP contribution in [0.25, 0.3) is 0 Å². The quantitative estimate of drug-likeness (QED) is 0.759. The summed E-state index contributed by atoms with van der Waals surface area (Å²) in [5, 5.41) is 3.23. The summed E-state index contributed by atoms with van der Waals surface area (Å²) in [5.74, 6) is 1.78. The summed E-state index contributed by atoms with van der Waals surface area (Å²) in [6.07, 6.45) is 7.55. The van der Waals surface area contributed by atoms with E-state index in [0.29, 0.717) is 18.9 Å². The molecule has 2 aromatic rings. The third-order valence-corrected chi connectivity index (χ3v) is 5.45. The Kier molecular flexibility index (Phi) is 7.26. The molecule has 5 heteroatoms. The highest BCUT2D eigenvalue weighted by Crippen LogP contribution is 2.16. The second-order valence-electron chi connectivity index (χ2n) is 8.47. The maximum Gasteiger partial charge on any atom is 0.222 e. The van der Waals surface area contributed by atoms with E-state index in [4.69, 9.17) is 0 Å². The molecule has 1 saturated heterocycles. The average molecular weight is 383 g/mol. The number of amides is 1. The molecule has 1 unspecified atom stereocenters. The molecule has 1 aromatic heterocycles. The summed E-state index contributed by atoms with van der Waals surface area (Å²) in [4.78, 5) is 19.0. The van der Waals surface area contributed by atoms with Crippen LogP contribution in [0, 0.1) is 12.8 Å². The van der Waals surface area contributed by atoms with E-state index in [1.807, 2.05) is 17.7 Å². The number of nitrogens with one attached hydrogen (secondary N) is 1. The Labute approximate surface area is 169 Å². The molecule has 0 aliphatic carbocycles. The normalized spacial score (nSPS) is 17.8. The molecular formula is C23H34N4O. The smallest absolute Gasteiger partial charge is 0.222 e. The van der Waals surface area contributed by atoms with Crippen molar-refractivity contribution < 1.29 is 4.79 Å². The van der Waals surface area contributed by atoms with Gasteiger partial charge in [-0.3, -0.25) is 9.69 Å². The molecule has 0 radical (unpaired) electrons. The molecule has 1 aliphatic heterocycles. The molecule has 2 heterocycles. The van der Waals surface area contributed by atoms with E-state index in [9.17, 15) is 4.79 Å². The molecule has 1 aromatic carbocycles. The zero-order chi connectivity index (χ0) is 19.9. The Morgan fingerprint density at radius 1 is 1.25 bits per heavy atom. The second-order valence-corrected chi connectivity index (χ2v) is 8.47. The van der Waals surface area contributed by atoms with E-state index in [0.717, 1.165) is 44.7 Å². The van der Waals surface area contributed by atoms with Gasteiger partial charge in [0.25, 0.3) is 0 Å². The molecule has 0 bridgehead atoms. The predicted octanol–water partition coefficient (Wildman–Crippen LogP) is 3.56. The number of nitrogens with zero attached hydrogens (tertiary/aromatic N) is 3. The van der Waals surface area contributed by atoms with E-state index in [1.165, 1.54) is 11.1 Å². The number of aryl methyl sites for hydroxylation is 2. The van der Waals surface area contributed by atoms with Gasteiger partial charge in [-0.05, 0) is 49.8 Å². The molecule has 152 valence electrons. The first-order valence-corrected chi connectivity index (χ1v) is 10.6. The number of imidazole rings is 1. The van der Waals surface area contributed by atoms with E-state index in [2.05, 4.69) is 53.3 Å². The van der Waals surface area contributed by atoms with Gasteiger partial charge in [0, 0.05) is 44.5 Å². The number of hydrogen-bond acceptors (Lipinski definition) is 3. The summed E-state index contributed by atoms with van der Waals surface area (Å²) in [6, 6.07) is 9.29. The van der Waals surface area contributed by atoms with Gasteiger partial charge in [-0.1, -0.05) is 38.1 Å². The fourth-order valence-corrected chi connectivity index (χ4v) is 3.99. The van der Waals surface area contributed by atoms with Gasteiger partial charge in [0.15, 0.2) is 0 Å². The fraction of sp³-hybridized carbons (Fsp3) is 0.565. The Morgan fingerprint density at radius 2 is 2.00 bits per heavy atom. The van der Waals surface area contributed by atoms with Gasteiger partial charge in [0.2, 0.25) is 5.91 Å². The van der Waals surface area contributed by atoms with Crippen molar-refractivity contribution in [2.45, 2.75) is 65.6 Å². The van der Waals surface area contributed by atoms with Crippen LogP contribution in [-0.4, -0.2) is 39.5 Å². The molecule has 1 fully saturated rings. The standard InChI is InChI=1S/C23H34N4O/c1-18(2)15-20-6-8-21(9-7-20)16-26-12-4-5-22(17-26)25-23(28)10-13-27-14-11-24-19(27)3/h6-9,11,14,18,22H,4-5,10,12-13,15-17H2,1-3H3,(H,25,28). The molecule has 1 aliphatic rings. The Hall–Kier alpha value is -2.14. The monoisotopic (exact) mass is 382 g/mol. The van der Waals surface area contributed by atoms with Gasteiger partial charge in [-0.25, -0.2) is 4.98 Å². The molecule has 0 saturated carbocycles. The molecule has 28 heavy (non-hydrogen) atoms. The summed E-state index contributed by atoms with van der Waals surface area (Å²) in [7, 11) is 0. The van der Waals surface area contributed by atoms with Gasteiger partial charge in [0.05, 0.1) is 0 Å². The van der Waals surface area contributed by atoms with Crippen LogP contribution in [0.15, 0.2) is 36.7 Å². The minimum atomic E-state index is 0.137. The summed E-state index contributed by atoms with van der Waals surface area (Å²) in [5.41, 5.74) is 2.77. The summed E-state index contributed by atoms with van der Waals surface area (Å²) >= 11 is 0.